The molecule has 20 heavy (non-hydrogen) atoms. The van der Waals surface area contributed by atoms with E-state index in [1.54, 1.807) is 0 Å². The van der Waals surface area contributed by atoms with Crippen LogP contribution in [0.2, 0.25) is 0 Å². The topological polar surface area (TPSA) is 190 Å². The number of aliphatic carboxylic acids is 3. The van der Waals surface area contributed by atoms with Gasteiger partial charge in [0.1, 0.15) is 18.1 Å². The predicted molar refractivity (Wildman–Crippen MR) is 77.4 cm³/mol. The Morgan fingerprint density at radius 3 is 1.25 bits per heavy atom. The van der Waals surface area contributed by atoms with Crippen LogP contribution in [0.3, 0.4) is 0 Å². The number of carbonyl (C=O) groups is 3. The van der Waals surface area contributed by atoms with Crippen molar-refractivity contribution in [3.05, 3.63) is 0 Å². The third-order valence-corrected chi connectivity index (χ3v) is 4.08. The molecule has 0 radical (unpaired) electrons. The highest BCUT2D eigenvalue weighted by atomic mass is 33.1. The van der Waals surface area contributed by atoms with E-state index in [0.717, 1.165) is 0 Å². The van der Waals surface area contributed by atoms with Gasteiger partial charge in [0.15, 0.2) is 0 Å². The van der Waals surface area contributed by atoms with E-state index in [1.807, 2.05) is 0 Å². The van der Waals surface area contributed by atoms with Crippen molar-refractivity contribution in [2.24, 2.45) is 17.2 Å². The summed E-state index contributed by atoms with van der Waals surface area (Å²) in [7, 11) is 2.41. The quantitative estimate of drug-likeness (QED) is 0.227. The number of carboxylic acids is 3. The molecular weight excluding hydrogens is 310 g/mol. The molecule has 118 valence electrons. The molecule has 0 heterocycles. The van der Waals surface area contributed by atoms with E-state index < -0.39 is 36.0 Å². The van der Waals surface area contributed by atoms with Crippen molar-refractivity contribution in [1.82, 2.24) is 0 Å². The first-order valence-corrected chi connectivity index (χ1v) is 7.78. The molecule has 0 aliphatic carbocycles. The summed E-state index contributed by atoms with van der Waals surface area (Å²) in [6.07, 6.45) is 0. The Balaban J connectivity index is 0. The fourth-order valence-electron chi connectivity index (χ4n) is 0.385. The number of hydrogen-bond donors (Lipinski definition) is 6. The van der Waals surface area contributed by atoms with E-state index in [1.165, 1.54) is 28.5 Å². The summed E-state index contributed by atoms with van der Waals surface area (Å²) >= 11 is 0. The molecular formula is C9H19N3O6S2. The summed E-state index contributed by atoms with van der Waals surface area (Å²) in [5.41, 5.74) is 15.3. The van der Waals surface area contributed by atoms with Crippen molar-refractivity contribution >= 4 is 39.5 Å². The maximum absolute atomic E-state index is 10.3. The number of carboxylic acid groups (broad SMARTS) is 3. The first-order chi connectivity index (χ1) is 9.09. The Bertz CT molecular complexity index is 307. The lowest BCUT2D eigenvalue weighted by Crippen LogP contribution is -2.33. The van der Waals surface area contributed by atoms with Gasteiger partial charge in [-0.3, -0.25) is 14.4 Å². The van der Waals surface area contributed by atoms with Gasteiger partial charge in [-0.2, -0.15) is 0 Å². The molecule has 0 aromatic heterocycles. The van der Waals surface area contributed by atoms with Crippen molar-refractivity contribution in [2.75, 3.05) is 11.5 Å². The van der Waals surface area contributed by atoms with Crippen LogP contribution in [0.4, 0.5) is 0 Å². The van der Waals surface area contributed by atoms with E-state index in [2.05, 4.69) is 0 Å². The zero-order valence-corrected chi connectivity index (χ0v) is 12.4. The summed E-state index contributed by atoms with van der Waals surface area (Å²) in [6.45, 7) is 1.42. The van der Waals surface area contributed by atoms with E-state index in [0.29, 0.717) is 0 Å². The molecule has 0 fully saturated rings. The van der Waals surface area contributed by atoms with Gasteiger partial charge in [-0.25, -0.2) is 0 Å². The molecule has 0 saturated heterocycles. The van der Waals surface area contributed by atoms with E-state index in [9.17, 15) is 14.4 Å². The second kappa shape index (κ2) is 11.8. The SMILES string of the molecule is C[C@H](N)C(=O)O.N[C@@H](CSSC[C@H](N)C(=O)O)C(=O)O. The minimum absolute atomic E-state index is 0.229. The minimum Gasteiger partial charge on any atom is -0.480 e. The van der Waals surface area contributed by atoms with Crippen LogP contribution < -0.4 is 17.2 Å². The molecule has 9 nitrogen and oxygen atoms in total. The van der Waals surface area contributed by atoms with Crippen LogP contribution in [0.25, 0.3) is 0 Å². The fourth-order valence-corrected chi connectivity index (χ4v) is 2.61. The normalized spacial score (nSPS) is 14.4. The van der Waals surface area contributed by atoms with Crippen molar-refractivity contribution in [1.29, 1.82) is 0 Å². The first-order valence-electron chi connectivity index (χ1n) is 5.29. The Hall–Kier alpha value is -1.01. The summed E-state index contributed by atoms with van der Waals surface area (Å²) in [4.78, 5) is 30.1. The molecule has 0 amide bonds. The van der Waals surface area contributed by atoms with Gasteiger partial charge in [0, 0.05) is 11.5 Å². The second-order valence-electron chi connectivity index (χ2n) is 3.59. The summed E-state index contributed by atoms with van der Waals surface area (Å²) in [6, 6.07) is -2.58. The maximum atomic E-state index is 10.3. The van der Waals surface area contributed by atoms with Crippen LogP contribution in [0.1, 0.15) is 6.92 Å². The molecule has 0 aliphatic heterocycles. The van der Waals surface area contributed by atoms with Gasteiger partial charge in [-0.1, -0.05) is 21.6 Å². The molecule has 0 unspecified atom stereocenters. The van der Waals surface area contributed by atoms with Crippen LogP contribution in [-0.2, 0) is 14.4 Å². The van der Waals surface area contributed by atoms with Crippen LogP contribution in [-0.4, -0.2) is 62.9 Å². The lowest BCUT2D eigenvalue weighted by Gasteiger charge is -2.07. The highest BCUT2D eigenvalue weighted by Gasteiger charge is 2.14. The van der Waals surface area contributed by atoms with Gasteiger partial charge in [0.05, 0.1) is 0 Å². The summed E-state index contributed by atoms with van der Waals surface area (Å²) in [5.74, 6) is -2.64. The maximum Gasteiger partial charge on any atom is 0.321 e. The molecule has 11 heteroatoms. The predicted octanol–water partition coefficient (Wildman–Crippen LogP) is -1.39. The molecule has 0 spiro atoms. The molecule has 0 bridgehead atoms. The Kier molecular flexibility index (Phi) is 12.5. The lowest BCUT2D eigenvalue weighted by molar-refractivity contribution is -0.138. The molecule has 0 aromatic rings. The molecule has 0 aliphatic rings. The lowest BCUT2D eigenvalue weighted by atomic mass is 10.4. The highest BCUT2D eigenvalue weighted by Crippen LogP contribution is 2.22. The van der Waals surface area contributed by atoms with Crippen molar-refractivity contribution in [2.45, 2.75) is 25.0 Å². The van der Waals surface area contributed by atoms with E-state index in [4.69, 9.17) is 32.5 Å². The van der Waals surface area contributed by atoms with Crippen LogP contribution in [0.15, 0.2) is 0 Å². The Labute approximate surface area is 123 Å². The summed E-state index contributed by atoms with van der Waals surface area (Å²) < 4.78 is 0. The van der Waals surface area contributed by atoms with E-state index >= 15 is 0 Å². The molecule has 0 aromatic carbocycles. The molecule has 0 saturated carbocycles. The van der Waals surface area contributed by atoms with Gasteiger partial charge < -0.3 is 32.5 Å². The van der Waals surface area contributed by atoms with Gasteiger partial charge in [0.25, 0.3) is 0 Å². The average Bonchev–Trinajstić information content (AvgIpc) is 2.34. The Morgan fingerprint density at radius 2 is 1.10 bits per heavy atom. The smallest absolute Gasteiger partial charge is 0.321 e. The summed E-state index contributed by atoms with van der Waals surface area (Å²) in [5, 5.41) is 24.7. The number of nitrogens with two attached hydrogens (primary N) is 3. The monoisotopic (exact) mass is 329 g/mol. The van der Waals surface area contributed by atoms with Crippen molar-refractivity contribution < 1.29 is 29.7 Å². The van der Waals surface area contributed by atoms with Gasteiger partial charge in [0.2, 0.25) is 0 Å². The molecule has 9 N–H and O–H groups in total. The first kappa shape index (κ1) is 21.3. The Morgan fingerprint density at radius 1 is 0.850 bits per heavy atom. The van der Waals surface area contributed by atoms with Crippen molar-refractivity contribution in [3.8, 4) is 0 Å². The number of rotatable bonds is 8. The number of hydrogen-bond acceptors (Lipinski definition) is 8. The van der Waals surface area contributed by atoms with Crippen LogP contribution in [0, 0.1) is 0 Å². The highest BCUT2D eigenvalue weighted by molar-refractivity contribution is 8.76. The van der Waals surface area contributed by atoms with Crippen LogP contribution in [0.5, 0.6) is 0 Å². The van der Waals surface area contributed by atoms with Crippen molar-refractivity contribution in [3.63, 3.8) is 0 Å². The third kappa shape index (κ3) is 13.4. The van der Waals surface area contributed by atoms with E-state index in [-0.39, 0.29) is 11.5 Å². The standard InChI is InChI=1S/C6H12N2O4S2.C3H7NO2/c7-3(5(9)10)1-13-14-2-4(8)6(11)12;1-2(4)3(5)6/h3-4H,1-2,7-8H2,(H,9,10)(H,11,12);2H,4H2,1H3,(H,5,6)/t3-,4-;2-/m00/s1. The fraction of sp³-hybridized carbons (Fsp3) is 0.667. The third-order valence-electron chi connectivity index (χ3n) is 1.60. The van der Waals surface area contributed by atoms with Gasteiger partial charge >= 0.3 is 17.9 Å². The zero-order valence-electron chi connectivity index (χ0n) is 10.8. The van der Waals surface area contributed by atoms with Gasteiger partial charge in [-0.15, -0.1) is 0 Å². The second-order valence-corrected chi connectivity index (χ2v) is 6.14. The minimum atomic E-state index is -1.07. The average molecular weight is 329 g/mol. The molecule has 0 rings (SSSR count). The molecule has 3 atom stereocenters. The van der Waals surface area contributed by atoms with Gasteiger partial charge in [-0.05, 0) is 6.92 Å². The largest absolute Gasteiger partial charge is 0.480 e. The van der Waals surface area contributed by atoms with Crippen LogP contribution >= 0.6 is 21.6 Å². The zero-order chi connectivity index (χ0) is 16.3.